The molecule has 0 atom stereocenters. The Hall–Kier alpha value is -2.30. The summed E-state index contributed by atoms with van der Waals surface area (Å²) in [6.45, 7) is 0. The number of amides is 1. The van der Waals surface area contributed by atoms with E-state index in [4.69, 9.17) is 0 Å². The fraction of sp³-hybridized carbons (Fsp3) is 0.133. The minimum atomic E-state index is -0.819. The number of carbonyl (C=O) groups is 1. The fourth-order valence-electron chi connectivity index (χ4n) is 1.73. The summed E-state index contributed by atoms with van der Waals surface area (Å²) in [6, 6.07) is 9.07. The van der Waals surface area contributed by atoms with E-state index < -0.39 is 23.2 Å². The van der Waals surface area contributed by atoms with Gasteiger partial charge in [-0.1, -0.05) is 18.2 Å². The molecule has 0 saturated carbocycles. The molecular formula is C15H12F3NO. The first-order valence-corrected chi connectivity index (χ1v) is 6.04. The lowest BCUT2D eigenvalue weighted by atomic mass is 10.1. The van der Waals surface area contributed by atoms with Gasteiger partial charge >= 0.3 is 0 Å². The van der Waals surface area contributed by atoms with Crippen molar-refractivity contribution >= 4 is 11.6 Å². The third kappa shape index (κ3) is 3.60. The minimum Gasteiger partial charge on any atom is -0.321 e. The summed E-state index contributed by atoms with van der Waals surface area (Å²) >= 11 is 0. The normalized spacial score (nSPS) is 10.3. The Balaban J connectivity index is 1.94. The molecule has 0 heterocycles. The van der Waals surface area contributed by atoms with Crippen molar-refractivity contribution in [3.63, 3.8) is 0 Å². The number of benzene rings is 2. The molecule has 0 bridgehead atoms. The second-order valence-corrected chi connectivity index (χ2v) is 4.27. The quantitative estimate of drug-likeness (QED) is 0.909. The van der Waals surface area contributed by atoms with Crippen LogP contribution in [0.2, 0.25) is 0 Å². The molecule has 104 valence electrons. The average molecular weight is 279 g/mol. The Morgan fingerprint density at radius 3 is 2.15 bits per heavy atom. The number of hydrogen-bond donors (Lipinski definition) is 1. The van der Waals surface area contributed by atoms with E-state index in [1.54, 1.807) is 12.1 Å². The summed E-state index contributed by atoms with van der Waals surface area (Å²) in [5.41, 5.74) is 0.326. The summed E-state index contributed by atoms with van der Waals surface area (Å²) in [7, 11) is 0. The zero-order chi connectivity index (χ0) is 14.5. The van der Waals surface area contributed by atoms with Crippen LogP contribution in [0.5, 0.6) is 0 Å². The van der Waals surface area contributed by atoms with Gasteiger partial charge in [-0.2, -0.15) is 0 Å². The molecule has 0 spiro atoms. The number of nitrogens with one attached hydrogen (secondary N) is 1. The van der Waals surface area contributed by atoms with Crippen molar-refractivity contribution in [1.82, 2.24) is 0 Å². The number of para-hydroxylation sites is 1. The molecule has 2 aromatic rings. The standard InChI is InChI=1S/C15H12F3NO/c16-11-7-4-10(5-8-11)6-9-14(20)19-15-12(17)2-1-3-13(15)18/h1-5,7-8H,6,9H2,(H,19,20). The SMILES string of the molecule is O=C(CCc1ccc(F)cc1)Nc1c(F)cccc1F. The van der Waals surface area contributed by atoms with Gasteiger partial charge in [-0.25, -0.2) is 13.2 Å². The Morgan fingerprint density at radius 2 is 1.55 bits per heavy atom. The average Bonchev–Trinajstić information content (AvgIpc) is 2.42. The van der Waals surface area contributed by atoms with Gasteiger partial charge in [-0.05, 0) is 36.2 Å². The number of carbonyl (C=O) groups excluding carboxylic acids is 1. The Bertz CT molecular complexity index is 591. The lowest BCUT2D eigenvalue weighted by Crippen LogP contribution is -2.14. The van der Waals surface area contributed by atoms with Gasteiger partial charge in [0.2, 0.25) is 5.91 Å². The number of halogens is 3. The maximum absolute atomic E-state index is 13.3. The molecule has 0 unspecified atom stereocenters. The van der Waals surface area contributed by atoms with Gasteiger partial charge in [-0.15, -0.1) is 0 Å². The number of anilines is 1. The molecule has 20 heavy (non-hydrogen) atoms. The van der Waals surface area contributed by atoms with Crippen LogP contribution < -0.4 is 5.32 Å². The molecule has 0 aliphatic carbocycles. The van der Waals surface area contributed by atoms with Crippen molar-refractivity contribution < 1.29 is 18.0 Å². The second kappa shape index (κ2) is 6.23. The van der Waals surface area contributed by atoms with Crippen LogP contribution in [0.1, 0.15) is 12.0 Å². The minimum absolute atomic E-state index is 0.0550. The Kier molecular flexibility index (Phi) is 4.40. The van der Waals surface area contributed by atoms with Gasteiger partial charge in [-0.3, -0.25) is 4.79 Å². The van der Waals surface area contributed by atoms with Crippen LogP contribution >= 0.6 is 0 Å². The lowest BCUT2D eigenvalue weighted by Gasteiger charge is -2.07. The van der Waals surface area contributed by atoms with Crippen LogP contribution in [-0.2, 0) is 11.2 Å². The summed E-state index contributed by atoms with van der Waals surface area (Å²) in [4.78, 5) is 11.6. The maximum atomic E-state index is 13.3. The first-order chi connectivity index (χ1) is 9.56. The molecule has 0 radical (unpaired) electrons. The van der Waals surface area contributed by atoms with E-state index in [0.717, 1.165) is 17.7 Å². The molecule has 0 aromatic heterocycles. The highest BCUT2D eigenvalue weighted by molar-refractivity contribution is 5.91. The van der Waals surface area contributed by atoms with Crippen LogP contribution in [0.25, 0.3) is 0 Å². The molecular weight excluding hydrogens is 267 g/mol. The second-order valence-electron chi connectivity index (χ2n) is 4.27. The first kappa shape index (κ1) is 14.1. The zero-order valence-electron chi connectivity index (χ0n) is 10.5. The highest BCUT2D eigenvalue weighted by Crippen LogP contribution is 2.18. The molecule has 2 aromatic carbocycles. The first-order valence-electron chi connectivity index (χ1n) is 6.04. The summed E-state index contributed by atoms with van der Waals surface area (Å²) in [5.74, 6) is -2.50. The molecule has 0 saturated heterocycles. The molecule has 1 N–H and O–H groups in total. The van der Waals surface area contributed by atoms with Gasteiger partial charge < -0.3 is 5.32 Å². The predicted molar refractivity (Wildman–Crippen MR) is 69.7 cm³/mol. The van der Waals surface area contributed by atoms with Crippen LogP contribution in [0.3, 0.4) is 0 Å². The molecule has 2 rings (SSSR count). The highest BCUT2D eigenvalue weighted by Gasteiger charge is 2.11. The lowest BCUT2D eigenvalue weighted by molar-refractivity contribution is -0.116. The van der Waals surface area contributed by atoms with Crippen LogP contribution in [0.15, 0.2) is 42.5 Å². The summed E-state index contributed by atoms with van der Waals surface area (Å²) < 4.78 is 39.3. The van der Waals surface area contributed by atoms with Crippen molar-refractivity contribution in [3.05, 3.63) is 65.5 Å². The topological polar surface area (TPSA) is 29.1 Å². The van der Waals surface area contributed by atoms with Crippen LogP contribution in [0, 0.1) is 17.5 Å². The van der Waals surface area contributed by atoms with E-state index in [1.165, 1.54) is 18.2 Å². The van der Waals surface area contributed by atoms with Crippen molar-refractivity contribution in [2.45, 2.75) is 12.8 Å². The van der Waals surface area contributed by atoms with Crippen LogP contribution in [-0.4, -0.2) is 5.91 Å². The molecule has 0 aliphatic heterocycles. The van der Waals surface area contributed by atoms with E-state index in [1.807, 2.05) is 0 Å². The van der Waals surface area contributed by atoms with Crippen molar-refractivity contribution in [2.75, 3.05) is 5.32 Å². The maximum Gasteiger partial charge on any atom is 0.224 e. The highest BCUT2D eigenvalue weighted by atomic mass is 19.1. The van der Waals surface area contributed by atoms with E-state index in [0.29, 0.717) is 6.42 Å². The van der Waals surface area contributed by atoms with Gasteiger partial charge in [0, 0.05) is 6.42 Å². The van der Waals surface area contributed by atoms with Crippen molar-refractivity contribution in [1.29, 1.82) is 0 Å². The van der Waals surface area contributed by atoms with Crippen molar-refractivity contribution in [3.8, 4) is 0 Å². The van der Waals surface area contributed by atoms with Gasteiger partial charge in [0.25, 0.3) is 0 Å². The smallest absolute Gasteiger partial charge is 0.224 e. The van der Waals surface area contributed by atoms with Gasteiger partial charge in [0.1, 0.15) is 23.1 Å². The largest absolute Gasteiger partial charge is 0.321 e. The van der Waals surface area contributed by atoms with Crippen LogP contribution in [0.4, 0.5) is 18.9 Å². The molecule has 0 fully saturated rings. The van der Waals surface area contributed by atoms with Crippen molar-refractivity contribution in [2.24, 2.45) is 0 Å². The molecule has 2 nitrogen and oxygen atoms in total. The summed E-state index contributed by atoms with van der Waals surface area (Å²) in [6.07, 6.45) is 0.418. The summed E-state index contributed by atoms with van der Waals surface area (Å²) in [5, 5.41) is 2.20. The third-order valence-corrected chi connectivity index (χ3v) is 2.78. The van der Waals surface area contributed by atoms with E-state index in [9.17, 15) is 18.0 Å². The van der Waals surface area contributed by atoms with Gasteiger partial charge in [0.15, 0.2) is 0 Å². The zero-order valence-corrected chi connectivity index (χ0v) is 10.5. The number of rotatable bonds is 4. The van der Waals surface area contributed by atoms with E-state index in [-0.39, 0.29) is 12.2 Å². The molecule has 1 amide bonds. The Morgan fingerprint density at radius 1 is 0.950 bits per heavy atom. The fourth-order valence-corrected chi connectivity index (χ4v) is 1.73. The predicted octanol–water partition coefficient (Wildman–Crippen LogP) is 3.68. The Labute approximate surface area is 114 Å². The molecule has 5 heteroatoms. The van der Waals surface area contributed by atoms with E-state index in [2.05, 4.69) is 5.32 Å². The number of aryl methyl sites for hydroxylation is 1. The third-order valence-electron chi connectivity index (χ3n) is 2.78. The molecule has 0 aliphatic rings. The number of hydrogen-bond acceptors (Lipinski definition) is 1. The monoisotopic (exact) mass is 279 g/mol. The van der Waals surface area contributed by atoms with Gasteiger partial charge in [0.05, 0.1) is 0 Å². The van der Waals surface area contributed by atoms with E-state index >= 15 is 0 Å².